The van der Waals surface area contributed by atoms with Gasteiger partial charge in [0.25, 0.3) is 0 Å². The molecule has 0 spiro atoms. The Bertz CT molecular complexity index is 3190. The smallest absolute Gasteiger partial charge is 0.323 e. The molecule has 656 valence electrons. The van der Waals surface area contributed by atoms with E-state index in [4.69, 9.17) is 96.8 Å². The molecule has 0 aliphatic heterocycles. The summed E-state index contributed by atoms with van der Waals surface area (Å²) in [7, 11) is -5.26. The van der Waals surface area contributed by atoms with Crippen molar-refractivity contribution in [2.24, 2.45) is 55.1 Å². The van der Waals surface area contributed by atoms with Gasteiger partial charge in [-0.3, -0.25) is 39.2 Å². The Morgan fingerprint density at radius 1 is 0.417 bits per heavy atom. The van der Waals surface area contributed by atoms with E-state index in [2.05, 4.69) is 228 Å². The summed E-state index contributed by atoms with van der Waals surface area (Å²) in [6, 6.07) is -1.73. The number of guanidine groups is 3. The van der Waals surface area contributed by atoms with Crippen molar-refractivity contribution in [3.63, 3.8) is 0 Å². The fraction of sp³-hybridized carbons (Fsp3) is 0.688. The van der Waals surface area contributed by atoms with E-state index < -0.39 is 49.0 Å². The van der Waals surface area contributed by atoms with Gasteiger partial charge in [-0.05, 0) is 215 Å². The lowest BCUT2D eigenvalue weighted by atomic mass is 10.1. The van der Waals surface area contributed by atoms with Crippen LogP contribution in [0.3, 0.4) is 0 Å². The largest absolute Gasteiger partial charge is 0.480 e. The number of carbonyl (C=O) groups excluding carboxylic acids is 3. The van der Waals surface area contributed by atoms with E-state index in [0.29, 0.717) is 164 Å². The lowest BCUT2D eigenvalue weighted by Gasteiger charge is -2.36. The Balaban J connectivity index is -0.000000219. The zero-order chi connectivity index (χ0) is 86.2. The highest BCUT2D eigenvalue weighted by Crippen LogP contribution is 2.38. The van der Waals surface area contributed by atoms with Gasteiger partial charge in [-0.2, -0.15) is 40.5 Å². The van der Waals surface area contributed by atoms with Crippen LogP contribution in [0.5, 0.6) is 0 Å². The lowest BCUT2D eigenvalue weighted by molar-refractivity contribution is -0.150. The molecule has 0 bridgehead atoms. The van der Waals surface area contributed by atoms with Crippen molar-refractivity contribution < 1.29 is 80.9 Å². The molecule has 0 aromatic rings. The minimum absolute atomic E-state index is 0. The highest BCUT2D eigenvalue weighted by molar-refractivity contribution is 7.59. The Morgan fingerprint density at radius 2 is 0.687 bits per heavy atom. The molecule has 0 fully saturated rings. The molecule has 0 heterocycles. The van der Waals surface area contributed by atoms with Crippen molar-refractivity contribution in [3.05, 3.63) is 0 Å². The van der Waals surface area contributed by atoms with Crippen molar-refractivity contribution in [2.75, 3.05) is 158 Å². The van der Waals surface area contributed by atoms with Crippen LogP contribution in [0, 0.1) is 107 Å². The third-order valence-corrected chi connectivity index (χ3v) is 30.2. The number of nitrogens with two attached hydrogens (primary N) is 7. The number of carboxylic acid groups (broad SMARTS) is 1. The van der Waals surface area contributed by atoms with Crippen molar-refractivity contribution in [3.8, 4) is 107 Å². The molecule has 0 saturated heterocycles. The van der Waals surface area contributed by atoms with Crippen molar-refractivity contribution in [1.29, 1.82) is 0 Å². The van der Waals surface area contributed by atoms with Crippen molar-refractivity contribution >= 4 is 108 Å². The van der Waals surface area contributed by atoms with Crippen LogP contribution in [-0.4, -0.2) is 268 Å². The maximum Gasteiger partial charge on any atom is 0.323 e. The molecule has 0 aromatic carbocycles. The van der Waals surface area contributed by atoms with Gasteiger partial charge in [0.1, 0.15) is 31.0 Å². The highest BCUT2D eigenvalue weighted by atomic mass is 32.1. The molecular weight excluding hydrogens is 1580 g/mol. The number of nitrogens with zero attached hydrogens (tertiary/aromatic N) is 5. The molecule has 0 radical (unpaired) electrons. The number of esters is 2. The summed E-state index contributed by atoms with van der Waals surface area (Å²) in [5.74, 6) is 44.1. The van der Waals surface area contributed by atoms with E-state index in [1.165, 1.54) is 0 Å². The number of aliphatic hydroxyl groups is 2. The first-order chi connectivity index (χ1) is 52.7. The maximum absolute atomic E-state index is 12.9. The van der Waals surface area contributed by atoms with Gasteiger partial charge in [0.15, 0.2) is 42.8 Å². The molecule has 0 aromatic heterocycles. The molecule has 115 heavy (non-hydrogen) atoms. The second-order valence-electron chi connectivity index (χ2n) is 28.4. The molecule has 29 nitrogen and oxygen atoms in total. The number of aldehydes is 1. The highest BCUT2D eigenvalue weighted by Gasteiger charge is 2.39. The number of rotatable bonds is 49. The molecular formula is C80H144N12O17S3Si3. The van der Waals surface area contributed by atoms with Crippen molar-refractivity contribution in [2.45, 2.75) is 201 Å². The molecule has 0 aliphatic rings. The summed E-state index contributed by atoms with van der Waals surface area (Å²) >= 11 is 0. The zero-order valence-corrected chi connectivity index (χ0v) is 78.4. The summed E-state index contributed by atoms with van der Waals surface area (Å²) in [6.45, 7) is 49.3. The van der Waals surface area contributed by atoms with Gasteiger partial charge in [0.2, 0.25) is 0 Å². The zero-order valence-electron chi connectivity index (χ0n) is 72.4. The number of carboxylic acids is 1. The van der Waals surface area contributed by atoms with Gasteiger partial charge in [0, 0.05) is 45.8 Å². The molecule has 35 heteroatoms. The summed E-state index contributed by atoms with van der Waals surface area (Å²) in [5, 5.41) is 27.4. The van der Waals surface area contributed by atoms with Crippen LogP contribution < -0.4 is 40.1 Å². The molecule has 3 atom stereocenters. The number of carbonyl (C=O) groups is 4. The predicted molar refractivity (Wildman–Crippen MR) is 486 cm³/mol. The van der Waals surface area contributed by atoms with Crippen LogP contribution in [0.2, 0.25) is 54.4 Å². The van der Waals surface area contributed by atoms with E-state index in [-0.39, 0.29) is 118 Å². The fourth-order valence-corrected chi connectivity index (χ4v) is 10.6. The van der Waals surface area contributed by atoms with Gasteiger partial charge in [-0.15, -0.1) is 0 Å². The van der Waals surface area contributed by atoms with E-state index in [0.717, 1.165) is 6.29 Å². The van der Waals surface area contributed by atoms with Gasteiger partial charge in [-0.25, -0.2) is 0 Å². The topological polar surface area (TPSA) is 447 Å². The average molecular weight is 1730 g/mol. The second-order valence-corrected chi connectivity index (χ2v) is 42.8. The van der Waals surface area contributed by atoms with Crippen molar-refractivity contribution in [1.82, 2.24) is 9.80 Å². The number of ether oxygens (including phenoxy) is 7. The van der Waals surface area contributed by atoms with E-state index in [9.17, 15) is 24.3 Å². The van der Waals surface area contributed by atoms with E-state index >= 15 is 0 Å². The Labute approximate surface area is 714 Å². The standard InChI is InChI=1S/C28H62N4O6Si2.C20H6.C14H30N4O6.C10H22O3Si.C8H18N4O2.3H2S/c1-12-36-25(33)24(14-13-15-31-26(29)30)32(16-18-34-20-22-37-39(8,9)27(2,3)4)17-19-35-21-23-38-40(10,11)28(5,6)7;1-3-5-7-9-11-13-15-17-19-20-18-16-14-12-10-8-6-4-2;15-14(16)17-3-1-2-12(13(21)22)18(4-8-23-10-6-19)5-9-24-11-7-20;1-10(2,3)14(4,5)13-9-8-12-7-6-11;1-2-14-7(13)6(9)4-3-5-12-8(10)11;;;/h24H,12-23H2,1-11H3,(H4,29,30,31);1-2H3;12,19-20H,1-11H2,(H,21,22)(H4,15,16,17);6H,7-9H2,1-5H3;6H,2-5,9H2,1H3,(H4,10,11,12);3*1H2/t24-;;12-;;6-;;;/m0.0.0.../s1. The summed E-state index contributed by atoms with van der Waals surface area (Å²) in [5.41, 5.74) is 37.2. The molecule has 0 aliphatic carbocycles. The number of aliphatic carboxylic acids is 1. The van der Waals surface area contributed by atoms with Gasteiger partial charge < -0.3 is 107 Å². The Hall–Kier alpha value is -6.89. The van der Waals surface area contributed by atoms with E-state index in [1.54, 1.807) is 25.7 Å². The number of aliphatic hydroxyl groups excluding tert-OH is 2. The maximum atomic E-state index is 12.9. The third-order valence-electron chi connectivity index (χ3n) is 16.6. The van der Waals surface area contributed by atoms with Crippen LogP contribution in [0.1, 0.15) is 129 Å². The Morgan fingerprint density at radius 3 is 0.957 bits per heavy atom. The first-order valence-corrected chi connectivity index (χ1v) is 46.2. The minimum atomic E-state index is -1.81. The lowest BCUT2D eigenvalue weighted by Crippen LogP contribution is -2.46. The van der Waals surface area contributed by atoms with Crippen LogP contribution in [-0.2, 0) is 65.6 Å². The molecule has 0 amide bonds. The van der Waals surface area contributed by atoms with Gasteiger partial charge in [0.05, 0.1) is 106 Å². The number of hydrogen-bond acceptors (Lipinski definition) is 22. The predicted octanol–water partition coefficient (Wildman–Crippen LogP) is 4.71. The van der Waals surface area contributed by atoms with Gasteiger partial charge >= 0.3 is 17.9 Å². The van der Waals surface area contributed by atoms with Crippen LogP contribution in [0.25, 0.3) is 0 Å². The molecule has 17 N–H and O–H groups in total. The average Bonchev–Trinajstić information content (AvgIpc) is 0.859. The minimum Gasteiger partial charge on any atom is -0.480 e. The van der Waals surface area contributed by atoms with Gasteiger partial charge in [-0.1, -0.05) is 74.2 Å². The summed E-state index contributed by atoms with van der Waals surface area (Å²) in [4.78, 5) is 61.0. The van der Waals surface area contributed by atoms with Crippen LogP contribution in [0.15, 0.2) is 15.0 Å². The monoisotopic (exact) mass is 1720 g/mol. The van der Waals surface area contributed by atoms with Crippen LogP contribution in [0.4, 0.5) is 0 Å². The fourth-order valence-electron chi connectivity index (χ4n) is 7.54. The second kappa shape index (κ2) is 78.3. The summed E-state index contributed by atoms with van der Waals surface area (Å²) in [6.07, 6.45) is 4.07. The number of hydrogen-bond donors (Lipinski definition) is 10. The molecule has 0 unspecified atom stereocenters. The van der Waals surface area contributed by atoms with E-state index in [1.807, 2.05) is 6.92 Å². The quantitative estimate of drug-likeness (QED) is 0.00749. The SMILES string of the molecule is CC#CC#CC#CC#CC#CC#CC#CC#CC#CC.CC(C)(C)[Si](C)(C)OCCOCC=O.CCOC(=O)[C@@H](N)CCCN=C(N)N.CCOC(=O)[C@H](CCCN=C(N)N)N(CCOCCO[Si](C)(C)C(C)(C)C)CCOCCO[Si](C)(C)C(C)(C)C.NC(N)=NCCC[C@@H](C(=O)O)N(CCOCCO)CCOCCO.S.S.S. The third kappa shape index (κ3) is 76.8. The molecule has 0 rings (SSSR count). The van der Waals surface area contributed by atoms with Crippen LogP contribution >= 0.6 is 40.5 Å². The first-order valence-electron chi connectivity index (χ1n) is 37.4. The number of aliphatic imine (C=N–C) groups is 3. The summed E-state index contributed by atoms with van der Waals surface area (Å²) < 4.78 is 55.7. The first kappa shape index (κ1) is 124. The normalized spacial score (nSPS) is 11.1. The molecule has 0 saturated carbocycles. The Kier molecular flexibility index (Phi) is 84.3.